The highest BCUT2D eigenvalue weighted by atomic mass is 127. The van der Waals surface area contributed by atoms with Gasteiger partial charge in [-0.1, -0.05) is 36.4 Å². The van der Waals surface area contributed by atoms with Crippen LogP contribution in [0.15, 0.2) is 53.5 Å². The van der Waals surface area contributed by atoms with Gasteiger partial charge in [0, 0.05) is 42.4 Å². The first-order valence-corrected chi connectivity index (χ1v) is 10.7. The van der Waals surface area contributed by atoms with E-state index in [4.69, 9.17) is 4.74 Å². The summed E-state index contributed by atoms with van der Waals surface area (Å²) in [5, 5.41) is 3.22. The number of hydrogen-bond donors (Lipinski definition) is 1. The third kappa shape index (κ3) is 8.69. The molecular formula is C21H29FIN3O2S. The molecule has 0 aliphatic carbocycles. The average molecular weight is 533 g/mol. The lowest BCUT2D eigenvalue weighted by Crippen LogP contribution is -2.38. The third-order valence-electron chi connectivity index (χ3n) is 4.08. The van der Waals surface area contributed by atoms with Crippen molar-refractivity contribution in [1.29, 1.82) is 0 Å². The molecule has 2 rings (SSSR count). The maximum absolute atomic E-state index is 13.9. The second-order valence-corrected chi connectivity index (χ2v) is 7.91. The van der Waals surface area contributed by atoms with Crippen LogP contribution < -0.4 is 10.1 Å². The Kier molecular flexibility index (Phi) is 11.8. The number of benzene rings is 2. The maximum Gasteiger partial charge on any atom is 0.193 e. The summed E-state index contributed by atoms with van der Waals surface area (Å²) in [6, 6.07) is 14.7. The van der Waals surface area contributed by atoms with Crippen LogP contribution in [0.25, 0.3) is 0 Å². The van der Waals surface area contributed by atoms with Crippen molar-refractivity contribution < 1.29 is 13.3 Å². The molecule has 0 fully saturated rings. The summed E-state index contributed by atoms with van der Waals surface area (Å²) in [5.41, 5.74) is 1.88. The van der Waals surface area contributed by atoms with Crippen LogP contribution in [0, 0.1) is 5.82 Å². The van der Waals surface area contributed by atoms with Crippen molar-refractivity contribution in [2.24, 2.45) is 4.99 Å². The summed E-state index contributed by atoms with van der Waals surface area (Å²) in [5.74, 6) is 1.58. The smallest absolute Gasteiger partial charge is 0.193 e. The minimum absolute atomic E-state index is 0. The fourth-order valence-electron chi connectivity index (χ4n) is 2.71. The van der Waals surface area contributed by atoms with Gasteiger partial charge >= 0.3 is 0 Å². The monoisotopic (exact) mass is 533 g/mol. The lowest BCUT2D eigenvalue weighted by Gasteiger charge is -2.22. The molecule has 0 aliphatic rings. The number of aliphatic imine (C=N–C) groups is 1. The van der Waals surface area contributed by atoms with Crippen molar-refractivity contribution in [3.8, 4) is 5.75 Å². The largest absolute Gasteiger partial charge is 0.494 e. The van der Waals surface area contributed by atoms with Crippen LogP contribution >= 0.6 is 24.0 Å². The Morgan fingerprint density at radius 1 is 1.21 bits per heavy atom. The van der Waals surface area contributed by atoms with Crippen LogP contribution in [0.4, 0.5) is 4.39 Å². The van der Waals surface area contributed by atoms with Gasteiger partial charge in [-0.05, 0) is 30.2 Å². The zero-order valence-corrected chi connectivity index (χ0v) is 20.2. The van der Waals surface area contributed by atoms with E-state index >= 15 is 0 Å². The van der Waals surface area contributed by atoms with Gasteiger partial charge in [0.25, 0.3) is 0 Å². The molecule has 8 heteroatoms. The van der Waals surface area contributed by atoms with E-state index in [9.17, 15) is 8.60 Å². The zero-order valence-electron chi connectivity index (χ0n) is 17.1. The first-order chi connectivity index (χ1) is 13.5. The molecule has 1 N–H and O–H groups in total. The molecule has 0 bridgehead atoms. The molecule has 2 aromatic carbocycles. The number of rotatable bonds is 9. The van der Waals surface area contributed by atoms with Crippen molar-refractivity contribution in [2.45, 2.75) is 19.2 Å². The molecule has 0 radical (unpaired) electrons. The number of nitrogens with zero attached hydrogens (tertiary/aromatic N) is 2. The van der Waals surface area contributed by atoms with Gasteiger partial charge in [0.05, 0.1) is 13.7 Å². The molecule has 0 aromatic heterocycles. The molecule has 0 saturated carbocycles. The molecule has 0 amide bonds. The van der Waals surface area contributed by atoms with Gasteiger partial charge in [-0.25, -0.2) is 4.39 Å². The van der Waals surface area contributed by atoms with E-state index in [1.54, 1.807) is 6.07 Å². The number of hydrogen-bond acceptors (Lipinski definition) is 3. The van der Waals surface area contributed by atoms with Crippen molar-refractivity contribution >= 4 is 40.7 Å². The summed E-state index contributed by atoms with van der Waals surface area (Å²) in [6.45, 7) is 3.67. The standard InChI is InChI=1S/C21H28FN3O2S.HI/c1-4-23-21(24-12-13-28(26)16-17-8-6-5-7-9-17)25(2)15-18-10-11-20(27-3)19(22)14-18;/h5-11,14H,4,12-13,15-16H2,1-3H3,(H,23,24);1H. The highest BCUT2D eigenvalue weighted by Gasteiger charge is 2.10. The predicted molar refractivity (Wildman–Crippen MR) is 129 cm³/mol. The van der Waals surface area contributed by atoms with Crippen LogP contribution in [-0.4, -0.2) is 48.1 Å². The maximum atomic E-state index is 13.9. The molecule has 0 saturated heterocycles. The van der Waals surface area contributed by atoms with E-state index in [1.807, 2.05) is 55.3 Å². The minimum atomic E-state index is -0.966. The summed E-state index contributed by atoms with van der Waals surface area (Å²) >= 11 is 0. The van der Waals surface area contributed by atoms with Crippen molar-refractivity contribution in [3.63, 3.8) is 0 Å². The number of nitrogens with one attached hydrogen (secondary N) is 1. The van der Waals surface area contributed by atoms with Gasteiger partial charge in [0.2, 0.25) is 0 Å². The number of halogens is 2. The predicted octanol–water partition coefficient (Wildman–Crippen LogP) is 3.80. The number of ether oxygens (including phenoxy) is 1. The Labute approximate surface area is 192 Å². The first kappa shape index (κ1) is 25.4. The van der Waals surface area contributed by atoms with Crippen molar-refractivity contribution in [1.82, 2.24) is 10.2 Å². The highest BCUT2D eigenvalue weighted by Crippen LogP contribution is 2.18. The molecule has 160 valence electrons. The van der Waals surface area contributed by atoms with Crippen LogP contribution in [0.5, 0.6) is 5.75 Å². The SMILES string of the molecule is CCNC(=NCCS(=O)Cc1ccccc1)N(C)Cc1ccc(OC)c(F)c1.I. The molecule has 0 heterocycles. The molecule has 29 heavy (non-hydrogen) atoms. The quantitative estimate of drug-likeness (QED) is 0.303. The fourth-order valence-corrected chi connectivity index (χ4v) is 3.72. The summed E-state index contributed by atoms with van der Waals surface area (Å²) in [6.07, 6.45) is 0. The van der Waals surface area contributed by atoms with Crippen LogP contribution in [-0.2, 0) is 23.1 Å². The lowest BCUT2D eigenvalue weighted by molar-refractivity contribution is 0.385. The van der Waals surface area contributed by atoms with Crippen molar-refractivity contribution in [3.05, 3.63) is 65.5 Å². The number of guanidine groups is 1. The van der Waals surface area contributed by atoms with E-state index in [0.29, 0.717) is 37.1 Å². The minimum Gasteiger partial charge on any atom is -0.494 e. The van der Waals surface area contributed by atoms with E-state index in [0.717, 1.165) is 11.1 Å². The molecule has 1 unspecified atom stereocenters. The Balaban J connectivity index is 0.00000420. The van der Waals surface area contributed by atoms with Gasteiger partial charge in [-0.15, -0.1) is 24.0 Å². The fraction of sp³-hybridized carbons (Fsp3) is 0.381. The highest BCUT2D eigenvalue weighted by molar-refractivity contribution is 14.0. The van der Waals surface area contributed by atoms with Crippen molar-refractivity contribution in [2.75, 3.05) is 33.0 Å². The summed E-state index contributed by atoms with van der Waals surface area (Å²) < 4.78 is 31.1. The second kappa shape index (κ2) is 13.5. The molecule has 0 aliphatic heterocycles. The van der Waals surface area contributed by atoms with Crippen LogP contribution in [0.1, 0.15) is 18.1 Å². The Morgan fingerprint density at radius 2 is 1.93 bits per heavy atom. The third-order valence-corrected chi connectivity index (χ3v) is 5.38. The van der Waals surface area contributed by atoms with Crippen LogP contribution in [0.2, 0.25) is 0 Å². The molecule has 1 atom stereocenters. The Bertz CT molecular complexity index is 806. The normalized spacial score (nSPS) is 12.1. The van der Waals surface area contributed by atoms with E-state index in [2.05, 4.69) is 10.3 Å². The molecule has 5 nitrogen and oxygen atoms in total. The van der Waals surface area contributed by atoms with E-state index in [1.165, 1.54) is 13.2 Å². The summed E-state index contributed by atoms with van der Waals surface area (Å²) in [7, 11) is 2.37. The first-order valence-electron chi connectivity index (χ1n) is 9.24. The van der Waals surface area contributed by atoms with Gasteiger partial charge in [0.15, 0.2) is 17.5 Å². The topological polar surface area (TPSA) is 53.9 Å². The molecule has 2 aromatic rings. The van der Waals surface area contributed by atoms with Crippen LogP contribution in [0.3, 0.4) is 0 Å². The van der Waals surface area contributed by atoms with E-state index < -0.39 is 10.8 Å². The summed E-state index contributed by atoms with van der Waals surface area (Å²) in [4.78, 5) is 6.49. The average Bonchev–Trinajstić information content (AvgIpc) is 2.68. The Hall–Kier alpha value is -1.68. The zero-order chi connectivity index (χ0) is 20.4. The molecule has 0 spiro atoms. The van der Waals surface area contributed by atoms with E-state index in [-0.39, 0.29) is 35.5 Å². The lowest BCUT2D eigenvalue weighted by atomic mass is 10.2. The molecular weight excluding hydrogens is 504 g/mol. The van der Waals surface area contributed by atoms with Gasteiger partial charge < -0.3 is 15.0 Å². The van der Waals surface area contributed by atoms with Gasteiger partial charge in [-0.3, -0.25) is 9.20 Å². The second-order valence-electron chi connectivity index (χ2n) is 6.33. The van der Waals surface area contributed by atoms with Gasteiger partial charge in [0.1, 0.15) is 0 Å². The number of methoxy groups -OCH3 is 1. The Morgan fingerprint density at radius 3 is 2.55 bits per heavy atom. The van der Waals surface area contributed by atoms with Gasteiger partial charge in [-0.2, -0.15) is 0 Å².